The molecule has 2 aromatic heterocycles. The minimum atomic E-state index is 0.0243. The van der Waals surface area contributed by atoms with Crippen LogP contribution in [0.25, 0.3) is 10.2 Å². The minimum Gasteiger partial charge on any atom is -0.438 e. The van der Waals surface area contributed by atoms with E-state index in [1.807, 2.05) is 12.1 Å². The van der Waals surface area contributed by atoms with Crippen molar-refractivity contribution in [2.24, 2.45) is 0 Å². The molecule has 0 bridgehead atoms. The number of aryl methyl sites for hydroxylation is 2. The van der Waals surface area contributed by atoms with Crippen molar-refractivity contribution in [2.75, 3.05) is 0 Å². The molecule has 116 valence electrons. The molecule has 0 aliphatic heterocycles. The fraction of sp³-hybridized carbons (Fsp3) is 0.278. The molecule has 0 unspecified atom stereocenters. The van der Waals surface area contributed by atoms with Gasteiger partial charge in [0.1, 0.15) is 16.9 Å². The van der Waals surface area contributed by atoms with Gasteiger partial charge in [0.15, 0.2) is 5.78 Å². The highest BCUT2D eigenvalue weighted by molar-refractivity contribution is 7.18. The van der Waals surface area contributed by atoms with E-state index in [-0.39, 0.29) is 5.78 Å². The van der Waals surface area contributed by atoms with E-state index in [0.717, 1.165) is 23.1 Å². The zero-order chi connectivity index (χ0) is 15.8. The standard InChI is InChI=1S/C18H16N2O2S/c1-11(21)12-5-4-6-13(9-12)22-17-16-14-7-2-3-8-15(14)23-18(16)20-10-19-17/h4-6,9-10H,2-3,7-8H2,1H3. The summed E-state index contributed by atoms with van der Waals surface area (Å²) in [6.07, 6.45) is 6.17. The maximum Gasteiger partial charge on any atom is 0.231 e. The molecule has 2 heterocycles. The number of nitrogens with zero attached hydrogens (tertiary/aromatic N) is 2. The highest BCUT2D eigenvalue weighted by atomic mass is 32.1. The maximum atomic E-state index is 11.5. The Kier molecular flexibility index (Phi) is 3.58. The van der Waals surface area contributed by atoms with E-state index in [1.54, 1.807) is 36.7 Å². The third-order valence-electron chi connectivity index (χ3n) is 4.17. The minimum absolute atomic E-state index is 0.0243. The Morgan fingerprint density at radius 1 is 1.22 bits per heavy atom. The predicted octanol–water partition coefficient (Wildman–Crippen LogP) is 4.57. The molecule has 4 rings (SSSR count). The first-order chi connectivity index (χ1) is 11.2. The lowest BCUT2D eigenvalue weighted by Gasteiger charge is -2.12. The third-order valence-corrected chi connectivity index (χ3v) is 5.37. The Labute approximate surface area is 138 Å². The summed E-state index contributed by atoms with van der Waals surface area (Å²) in [5, 5.41) is 1.04. The number of ether oxygens (including phenoxy) is 1. The van der Waals surface area contributed by atoms with Crippen molar-refractivity contribution in [1.82, 2.24) is 9.97 Å². The number of ketones is 1. The molecule has 0 radical (unpaired) electrons. The fourth-order valence-electron chi connectivity index (χ4n) is 3.03. The summed E-state index contributed by atoms with van der Waals surface area (Å²) < 4.78 is 6.01. The summed E-state index contributed by atoms with van der Waals surface area (Å²) in [5.74, 6) is 1.25. The van der Waals surface area contributed by atoms with Gasteiger partial charge in [-0.15, -0.1) is 11.3 Å². The molecule has 0 fully saturated rings. The number of benzene rings is 1. The average Bonchev–Trinajstić information content (AvgIpc) is 2.94. The van der Waals surface area contributed by atoms with Gasteiger partial charge in [-0.3, -0.25) is 4.79 Å². The molecule has 0 amide bonds. The molecule has 0 saturated carbocycles. The normalized spacial score (nSPS) is 13.8. The van der Waals surface area contributed by atoms with Gasteiger partial charge < -0.3 is 4.74 Å². The molecule has 1 aliphatic rings. The quantitative estimate of drug-likeness (QED) is 0.662. The Morgan fingerprint density at radius 2 is 2.09 bits per heavy atom. The molecule has 1 aliphatic carbocycles. The van der Waals surface area contributed by atoms with Gasteiger partial charge in [-0.2, -0.15) is 0 Å². The molecule has 5 heteroatoms. The summed E-state index contributed by atoms with van der Waals surface area (Å²) >= 11 is 1.75. The van der Waals surface area contributed by atoms with Crippen LogP contribution in [0, 0.1) is 0 Å². The van der Waals surface area contributed by atoms with Crippen molar-refractivity contribution in [3.05, 3.63) is 46.6 Å². The Morgan fingerprint density at radius 3 is 2.96 bits per heavy atom. The largest absolute Gasteiger partial charge is 0.438 e. The average molecular weight is 324 g/mol. The summed E-state index contributed by atoms with van der Waals surface area (Å²) in [5.41, 5.74) is 1.98. The summed E-state index contributed by atoms with van der Waals surface area (Å²) in [4.78, 5) is 22.7. The molecule has 0 saturated heterocycles. The maximum absolute atomic E-state index is 11.5. The first kappa shape index (κ1) is 14.3. The number of Topliss-reactive ketones (excluding diaryl/α,β-unsaturated/α-hetero) is 1. The second-order valence-electron chi connectivity index (χ2n) is 5.76. The van der Waals surface area contributed by atoms with Crippen molar-refractivity contribution < 1.29 is 9.53 Å². The molecular formula is C18H16N2O2S. The van der Waals surface area contributed by atoms with E-state index in [4.69, 9.17) is 4.74 Å². The van der Waals surface area contributed by atoms with Crippen molar-refractivity contribution >= 4 is 27.3 Å². The van der Waals surface area contributed by atoms with Crippen LogP contribution in [0.5, 0.6) is 11.6 Å². The van der Waals surface area contributed by atoms with Gasteiger partial charge in [-0.25, -0.2) is 9.97 Å². The van der Waals surface area contributed by atoms with Crippen LogP contribution in [-0.2, 0) is 12.8 Å². The zero-order valence-electron chi connectivity index (χ0n) is 12.8. The van der Waals surface area contributed by atoms with Crippen molar-refractivity contribution in [3.8, 4) is 11.6 Å². The zero-order valence-corrected chi connectivity index (χ0v) is 13.7. The van der Waals surface area contributed by atoms with E-state index in [1.165, 1.54) is 23.3 Å². The number of thiophene rings is 1. The lowest BCUT2D eigenvalue weighted by Crippen LogP contribution is -1.99. The molecule has 1 aromatic carbocycles. The van der Waals surface area contributed by atoms with Gasteiger partial charge in [-0.1, -0.05) is 12.1 Å². The van der Waals surface area contributed by atoms with Crippen LogP contribution in [-0.4, -0.2) is 15.8 Å². The number of aromatic nitrogens is 2. The van der Waals surface area contributed by atoms with Crippen LogP contribution in [0.3, 0.4) is 0 Å². The number of rotatable bonds is 3. The first-order valence-corrected chi connectivity index (χ1v) is 8.58. The van der Waals surface area contributed by atoms with Gasteiger partial charge in [0.2, 0.25) is 5.88 Å². The second-order valence-corrected chi connectivity index (χ2v) is 6.84. The van der Waals surface area contributed by atoms with Gasteiger partial charge in [0, 0.05) is 10.4 Å². The van der Waals surface area contributed by atoms with E-state index < -0.39 is 0 Å². The highest BCUT2D eigenvalue weighted by Crippen LogP contribution is 2.40. The predicted molar refractivity (Wildman–Crippen MR) is 90.6 cm³/mol. The molecule has 0 spiro atoms. The topological polar surface area (TPSA) is 52.1 Å². The Balaban J connectivity index is 1.78. The molecule has 0 atom stereocenters. The fourth-order valence-corrected chi connectivity index (χ4v) is 4.25. The van der Waals surface area contributed by atoms with E-state index in [9.17, 15) is 4.79 Å². The third kappa shape index (κ3) is 2.61. The van der Waals surface area contributed by atoms with E-state index in [0.29, 0.717) is 17.2 Å². The number of hydrogen-bond acceptors (Lipinski definition) is 5. The molecular weight excluding hydrogens is 308 g/mol. The summed E-state index contributed by atoms with van der Waals surface area (Å²) in [6.45, 7) is 1.55. The van der Waals surface area contributed by atoms with E-state index in [2.05, 4.69) is 9.97 Å². The number of fused-ring (bicyclic) bond motifs is 3. The van der Waals surface area contributed by atoms with Gasteiger partial charge in [-0.05, 0) is 50.3 Å². The Bertz CT molecular complexity index is 901. The summed E-state index contributed by atoms with van der Waals surface area (Å²) in [7, 11) is 0. The van der Waals surface area contributed by atoms with Gasteiger partial charge >= 0.3 is 0 Å². The Hall–Kier alpha value is -2.27. The van der Waals surface area contributed by atoms with Gasteiger partial charge in [0.25, 0.3) is 0 Å². The second kappa shape index (κ2) is 5.74. The molecule has 0 N–H and O–H groups in total. The highest BCUT2D eigenvalue weighted by Gasteiger charge is 2.20. The lowest BCUT2D eigenvalue weighted by atomic mass is 9.97. The van der Waals surface area contributed by atoms with E-state index >= 15 is 0 Å². The molecule has 3 aromatic rings. The number of carbonyl (C=O) groups excluding carboxylic acids is 1. The number of hydrogen-bond donors (Lipinski definition) is 0. The van der Waals surface area contributed by atoms with Crippen LogP contribution in [0.15, 0.2) is 30.6 Å². The van der Waals surface area contributed by atoms with Crippen LogP contribution in [0.4, 0.5) is 0 Å². The van der Waals surface area contributed by atoms with Crippen LogP contribution >= 0.6 is 11.3 Å². The van der Waals surface area contributed by atoms with Crippen LogP contribution in [0.2, 0.25) is 0 Å². The molecule has 23 heavy (non-hydrogen) atoms. The van der Waals surface area contributed by atoms with Gasteiger partial charge in [0.05, 0.1) is 5.39 Å². The molecule has 4 nitrogen and oxygen atoms in total. The van der Waals surface area contributed by atoms with Crippen molar-refractivity contribution in [2.45, 2.75) is 32.6 Å². The monoisotopic (exact) mass is 324 g/mol. The lowest BCUT2D eigenvalue weighted by molar-refractivity contribution is 0.101. The van der Waals surface area contributed by atoms with Crippen molar-refractivity contribution in [3.63, 3.8) is 0 Å². The number of carbonyl (C=O) groups is 1. The van der Waals surface area contributed by atoms with Crippen molar-refractivity contribution in [1.29, 1.82) is 0 Å². The first-order valence-electron chi connectivity index (χ1n) is 7.76. The van der Waals surface area contributed by atoms with Crippen LogP contribution < -0.4 is 4.74 Å². The summed E-state index contributed by atoms with van der Waals surface area (Å²) in [6, 6.07) is 7.22. The smallest absolute Gasteiger partial charge is 0.231 e. The SMILES string of the molecule is CC(=O)c1cccc(Oc2ncnc3sc4c(c23)CCCC4)c1. The van der Waals surface area contributed by atoms with Crippen LogP contribution in [0.1, 0.15) is 40.6 Å².